The van der Waals surface area contributed by atoms with E-state index in [0.717, 1.165) is 16.1 Å². The number of halogens is 1. The monoisotopic (exact) mass is 296 g/mol. The van der Waals surface area contributed by atoms with Crippen LogP contribution in [0.1, 0.15) is 5.56 Å². The zero-order chi connectivity index (χ0) is 14.4. The molecule has 2 aromatic rings. The Morgan fingerprint density at radius 2 is 1.86 bits per heavy atom. The quantitative estimate of drug-likeness (QED) is 0.752. The fourth-order valence-electron chi connectivity index (χ4n) is 2.32. The predicted molar refractivity (Wildman–Crippen MR) is 81.6 cm³/mol. The minimum absolute atomic E-state index is 0.147. The first-order valence-electron chi connectivity index (χ1n) is 6.40. The summed E-state index contributed by atoms with van der Waals surface area (Å²) in [6.07, 6.45) is 1.68. The van der Waals surface area contributed by atoms with Crippen molar-refractivity contribution in [2.45, 2.75) is 4.90 Å². The van der Waals surface area contributed by atoms with Crippen molar-refractivity contribution in [1.29, 1.82) is 0 Å². The molecule has 2 aromatic carbocycles. The molecule has 102 valence electrons. The van der Waals surface area contributed by atoms with Gasteiger partial charge in [0.15, 0.2) is 5.17 Å². The average molecular weight is 296 g/mol. The summed E-state index contributed by atoms with van der Waals surface area (Å²) in [5.41, 5.74) is 2.00. The van der Waals surface area contributed by atoms with Crippen LogP contribution in [-0.2, 0) is 4.79 Å². The highest BCUT2D eigenvalue weighted by Gasteiger charge is 2.38. The highest BCUT2D eigenvalue weighted by Crippen LogP contribution is 2.43. The number of hydrogen-bond acceptors (Lipinski definition) is 3. The number of carbonyl (C=O) groups is 1. The lowest BCUT2D eigenvalue weighted by molar-refractivity contribution is -0.113. The smallest absolute Gasteiger partial charge is 0.266 e. The molecule has 0 saturated heterocycles. The van der Waals surface area contributed by atoms with Gasteiger partial charge >= 0.3 is 0 Å². The van der Waals surface area contributed by atoms with Crippen LogP contribution in [0.5, 0.6) is 0 Å². The van der Waals surface area contributed by atoms with Gasteiger partial charge in [0.1, 0.15) is 11.5 Å². The first-order chi connectivity index (χ1) is 10.2. The molecule has 1 amide bonds. The Hall–Kier alpha value is -2.40. The van der Waals surface area contributed by atoms with Gasteiger partial charge < -0.3 is 0 Å². The zero-order valence-corrected chi connectivity index (χ0v) is 11.6. The summed E-state index contributed by atoms with van der Waals surface area (Å²) in [6.45, 7) is 0. The van der Waals surface area contributed by atoms with E-state index in [2.05, 4.69) is 4.99 Å². The first kappa shape index (κ1) is 12.3. The van der Waals surface area contributed by atoms with Crippen LogP contribution < -0.4 is 4.90 Å². The van der Waals surface area contributed by atoms with E-state index in [4.69, 9.17) is 0 Å². The van der Waals surface area contributed by atoms with E-state index < -0.39 is 0 Å². The van der Waals surface area contributed by atoms with Gasteiger partial charge in [0.05, 0.1) is 5.69 Å². The van der Waals surface area contributed by atoms with Crippen LogP contribution in [0.3, 0.4) is 0 Å². The van der Waals surface area contributed by atoms with E-state index in [0.29, 0.717) is 10.9 Å². The third-order valence-electron chi connectivity index (χ3n) is 3.31. The van der Waals surface area contributed by atoms with Crippen molar-refractivity contribution in [3.8, 4) is 0 Å². The molecule has 0 radical (unpaired) electrons. The van der Waals surface area contributed by atoms with E-state index in [1.54, 1.807) is 23.1 Å². The van der Waals surface area contributed by atoms with Crippen molar-refractivity contribution in [1.82, 2.24) is 0 Å². The molecule has 0 fully saturated rings. The second kappa shape index (κ2) is 4.56. The molecule has 0 aromatic heterocycles. The van der Waals surface area contributed by atoms with E-state index in [-0.39, 0.29) is 11.7 Å². The normalized spacial score (nSPS) is 18.0. The molecule has 21 heavy (non-hydrogen) atoms. The molecule has 4 rings (SSSR count). The molecule has 3 nitrogen and oxygen atoms in total. The number of rotatable bonds is 1. The van der Waals surface area contributed by atoms with Crippen molar-refractivity contribution in [2.75, 3.05) is 4.90 Å². The fourth-order valence-corrected chi connectivity index (χ4v) is 3.34. The molecule has 2 heterocycles. The largest absolute Gasteiger partial charge is 0.283 e. The Balaban J connectivity index is 1.72. The fraction of sp³-hybridized carbons (Fsp3) is 0. The van der Waals surface area contributed by atoms with Gasteiger partial charge in [-0.05, 0) is 47.7 Å². The highest BCUT2D eigenvalue weighted by atomic mass is 32.2. The lowest BCUT2D eigenvalue weighted by Crippen LogP contribution is -2.26. The Bertz CT molecular complexity index is 811. The van der Waals surface area contributed by atoms with Gasteiger partial charge in [-0.2, -0.15) is 0 Å². The molecule has 0 atom stereocenters. The molecular weight excluding hydrogens is 287 g/mol. The van der Waals surface area contributed by atoms with Gasteiger partial charge in [0.25, 0.3) is 5.91 Å². The number of hydrogen-bond donors (Lipinski definition) is 0. The lowest BCUT2D eigenvalue weighted by Gasteiger charge is -2.09. The number of carbonyl (C=O) groups excluding carboxylic acids is 1. The maximum Gasteiger partial charge on any atom is 0.283 e. The summed E-state index contributed by atoms with van der Waals surface area (Å²) in [6, 6.07) is 13.7. The summed E-state index contributed by atoms with van der Waals surface area (Å²) in [4.78, 5) is 19.5. The summed E-state index contributed by atoms with van der Waals surface area (Å²) in [5.74, 6) is -0.446. The van der Waals surface area contributed by atoms with E-state index in [9.17, 15) is 9.18 Å². The Kier molecular flexibility index (Phi) is 2.68. The topological polar surface area (TPSA) is 32.7 Å². The van der Waals surface area contributed by atoms with Crippen molar-refractivity contribution < 1.29 is 9.18 Å². The molecule has 0 N–H and O–H groups in total. The lowest BCUT2D eigenvalue weighted by atomic mass is 10.2. The van der Waals surface area contributed by atoms with Crippen LogP contribution in [-0.4, -0.2) is 11.1 Å². The van der Waals surface area contributed by atoms with E-state index in [1.807, 2.05) is 24.3 Å². The van der Waals surface area contributed by atoms with Crippen LogP contribution in [0, 0.1) is 5.82 Å². The SMILES string of the molecule is O=C1C(=Cc2ccc(F)cc2)N=C2Sc3ccccc3N12. The van der Waals surface area contributed by atoms with E-state index >= 15 is 0 Å². The second-order valence-corrected chi connectivity index (χ2v) is 5.69. The first-order valence-corrected chi connectivity index (χ1v) is 7.21. The molecule has 0 spiro atoms. The van der Waals surface area contributed by atoms with Crippen LogP contribution in [0.2, 0.25) is 0 Å². The van der Waals surface area contributed by atoms with Crippen LogP contribution in [0.25, 0.3) is 6.08 Å². The van der Waals surface area contributed by atoms with Crippen molar-refractivity contribution in [3.05, 3.63) is 65.6 Å². The second-order valence-electron chi connectivity index (χ2n) is 4.69. The average Bonchev–Trinajstić information content (AvgIpc) is 2.99. The summed E-state index contributed by atoms with van der Waals surface area (Å²) < 4.78 is 12.9. The number of para-hydroxylation sites is 1. The number of nitrogens with zero attached hydrogens (tertiary/aromatic N) is 2. The molecular formula is C16H9FN2OS. The van der Waals surface area contributed by atoms with Crippen LogP contribution in [0.4, 0.5) is 10.1 Å². The number of thioether (sulfide) groups is 1. The number of anilines is 1. The molecule has 2 aliphatic heterocycles. The van der Waals surface area contributed by atoms with Crippen LogP contribution >= 0.6 is 11.8 Å². The van der Waals surface area contributed by atoms with Crippen molar-refractivity contribution >= 4 is 34.6 Å². The van der Waals surface area contributed by atoms with Gasteiger partial charge in [-0.1, -0.05) is 24.3 Å². The summed E-state index contributed by atoms with van der Waals surface area (Å²) in [7, 11) is 0. The number of aliphatic imine (C=N–C) groups is 1. The van der Waals surface area contributed by atoms with Gasteiger partial charge in [-0.15, -0.1) is 0 Å². The van der Waals surface area contributed by atoms with Crippen LogP contribution in [0.15, 0.2) is 64.1 Å². The van der Waals surface area contributed by atoms with Crippen molar-refractivity contribution in [2.24, 2.45) is 4.99 Å². The Morgan fingerprint density at radius 3 is 2.67 bits per heavy atom. The molecule has 0 unspecified atom stereocenters. The standard InChI is InChI=1S/C16H9FN2OS/c17-11-7-5-10(6-8-11)9-12-15(20)19-13-3-1-2-4-14(13)21-16(19)18-12/h1-9H. The maximum absolute atomic E-state index is 12.9. The zero-order valence-electron chi connectivity index (χ0n) is 10.8. The molecule has 2 aliphatic rings. The molecule has 0 bridgehead atoms. The van der Waals surface area contributed by atoms with Gasteiger partial charge in [-0.25, -0.2) is 9.38 Å². The summed E-state index contributed by atoms with van der Waals surface area (Å²) in [5, 5.41) is 0.676. The highest BCUT2D eigenvalue weighted by molar-refractivity contribution is 8.15. The third-order valence-corrected chi connectivity index (χ3v) is 4.33. The van der Waals surface area contributed by atoms with Gasteiger partial charge in [0.2, 0.25) is 0 Å². The number of fused-ring (bicyclic) bond motifs is 3. The van der Waals surface area contributed by atoms with Crippen molar-refractivity contribution in [3.63, 3.8) is 0 Å². The minimum Gasteiger partial charge on any atom is -0.266 e. The molecule has 0 aliphatic carbocycles. The number of amides is 1. The minimum atomic E-state index is -0.300. The molecule has 5 heteroatoms. The Labute approximate surface area is 124 Å². The Morgan fingerprint density at radius 1 is 1.10 bits per heavy atom. The predicted octanol–water partition coefficient (Wildman–Crippen LogP) is 3.68. The third kappa shape index (κ3) is 1.97. The summed E-state index contributed by atoms with van der Waals surface area (Å²) >= 11 is 1.48. The van der Waals surface area contributed by atoms with E-state index in [1.165, 1.54) is 23.9 Å². The maximum atomic E-state index is 12.9. The van der Waals surface area contributed by atoms with Gasteiger partial charge in [0, 0.05) is 4.90 Å². The molecule has 0 saturated carbocycles. The number of amidine groups is 1. The number of benzene rings is 2. The van der Waals surface area contributed by atoms with Gasteiger partial charge in [-0.3, -0.25) is 9.69 Å².